The van der Waals surface area contributed by atoms with Gasteiger partial charge in [0, 0.05) is 4.90 Å². The van der Waals surface area contributed by atoms with Crippen LogP contribution in [-0.4, -0.2) is 24.1 Å². The van der Waals surface area contributed by atoms with Gasteiger partial charge in [-0.2, -0.15) is 0 Å². The van der Waals surface area contributed by atoms with Crippen molar-refractivity contribution in [2.24, 2.45) is 0 Å². The van der Waals surface area contributed by atoms with E-state index in [0.29, 0.717) is 4.90 Å². The maximum absolute atomic E-state index is 13.1. The van der Waals surface area contributed by atoms with E-state index in [-0.39, 0.29) is 16.6 Å². The number of hydrogen-bond donors (Lipinski definition) is 0. The number of ketones is 1. The van der Waals surface area contributed by atoms with E-state index in [4.69, 9.17) is 4.43 Å². The lowest BCUT2D eigenvalue weighted by atomic mass is 10.1. The van der Waals surface area contributed by atoms with Crippen molar-refractivity contribution in [3.63, 3.8) is 0 Å². The Morgan fingerprint density at radius 3 is 2.11 bits per heavy atom. The fraction of sp³-hybridized carbons (Fsp3) is 0.409. The molecule has 2 aromatic carbocycles. The van der Waals surface area contributed by atoms with Crippen molar-refractivity contribution in [2.75, 3.05) is 5.75 Å². The molecular formula is C22H30O3SSi. The largest absolute Gasteiger partial charge is 0.403 e. The second-order valence-corrected chi connectivity index (χ2v) is 14.6. The van der Waals surface area contributed by atoms with Gasteiger partial charge in [0.25, 0.3) is 0 Å². The van der Waals surface area contributed by atoms with E-state index in [9.17, 15) is 9.00 Å². The molecule has 27 heavy (non-hydrogen) atoms. The molecule has 0 aliphatic heterocycles. The highest BCUT2D eigenvalue weighted by atomic mass is 32.2. The normalized spacial score (nSPS) is 14.6. The van der Waals surface area contributed by atoms with Crippen molar-refractivity contribution in [1.29, 1.82) is 0 Å². The Bertz CT molecular complexity index is 793. The molecule has 0 saturated carbocycles. The zero-order valence-corrected chi connectivity index (χ0v) is 18.9. The highest BCUT2D eigenvalue weighted by Crippen LogP contribution is 2.40. The fourth-order valence-electron chi connectivity index (χ4n) is 2.40. The van der Waals surface area contributed by atoms with Crippen molar-refractivity contribution < 1.29 is 13.4 Å². The van der Waals surface area contributed by atoms with Crippen LogP contribution in [0.5, 0.6) is 0 Å². The van der Waals surface area contributed by atoms with Crippen molar-refractivity contribution in [3.05, 3.63) is 65.7 Å². The Morgan fingerprint density at radius 1 is 1.04 bits per heavy atom. The summed E-state index contributed by atoms with van der Waals surface area (Å²) in [5.41, 5.74) is 1.93. The summed E-state index contributed by atoms with van der Waals surface area (Å²) in [6.07, 6.45) is -0.679. The summed E-state index contributed by atoms with van der Waals surface area (Å²) in [5.74, 6) is -0.179. The lowest BCUT2D eigenvalue weighted by molar-refractivity contribution is -0.124. The third-order valence-corrected chi connectivity index (χ3v) is 11.0. The highest BCUT2D eigenvalue weighted by Gasteiger charge is 2.41. The first kappa shape index (κ1) is 21.7. The Hall–Kier alpha value is -1.56. The summed E-state index contributed by atoms with van der Waals surface area (Å²) in [6, 6.07) is 17.0. The Kier molecular flexibility index (Phi) is 6.95. The van der Waals surface area contributed by atoms with Gasteiger partial charge in [0.2, 0.25) is 0 Å². The molecule has 2 aromatic rings. The van der Waals surface area contributed by atoms with Crippen molar-refractivity contribution >= 4 is 24.9 Å². The molecule has 5 heteroatoms. The molecule has 0 aliphatic rings. The number of rotatable bonds is 7. The zero-order chi connectivity index (χ0) is 20.2. The molecule has 146 valence electrons. The molecule has 0 unspecified atom stereocenters. The SMILES string of the molecule is Cc1ccc([S@](=O)CC(=O)[C@@H](O[Si](C)(C)C(C)(C)C)c2ccccc2)cc1. The first-order chi connectivity index (χ1) is 12.5. The van der Waals surface area contributed by atoms with Crippen LogP contribution in [0.15, 0.2) is 59.5 Å². The monoisotopic (exact) mass is 402 g/mol. The lowest BCUT2D eigenvalue weighted by Crippen LogP contribution is -2.43. The van der Waals surface area contributed by atoms with E-state index in [1.54, 1.807) is 0 Å². The fourth-order valence-corrected chi connectivity index (χ4v) is 4.62. The van der Waals surface area contributed by atoms with Crippen molar-refractivity contribution in [3.8, 4) is 0 Å². The number of aryl methyl sites for hydroxylation is 1. The molecule has 0 fully saturated rings. The lowest BCUT2D eigenvalue weighted by Gasteiger charge is -2.39. The highest BCUT2D eigenvalue weighted by molar-refractivity contribution is 7.85. The molecule has 2 rings (SSSR count). The van der Waals surface area contributed by atoms with E-state index in [1.165, 1.54) is 0 Å². The summed E-state index contributed by atoms with van der Waals surface area (Å²) in [7, 11) is -3.55. The van der Waals surface area contributed by atoms with Gasteiger partial charge in [-0.05, 0) is 42.8 Å². The first-order valence-corrected chi connectivity index (χ1v) is 13.4. The molecule has 0 spiro atoms. The molecule has 0 saturated heterocycles. The summed E-state index contributed by atoms with van der Waals surface area (Å²) < 4.78 is 19.2. The summed E-state index contributed by atoms with van der Waals surface area (Å²) in [5, 5.41) is -0.0174. The van der Waals surface area contributed by atoms with Crippen molar-refractivity contribution in [1.82, 2.24) is 0 Å². The van der Waals surface area contributed by atoms with Gasteiger partial charge in [0.05, 0.1) is 16.6 Å². The molecular weight excluding hydrogens is 372 g/mol. The van der Waals surface area contributed by atoms with Crippen LogP contribution in [0, 0.1) is 6.92 Å². The van der Waals surface area contributed by atoms with E-state index in [2.05, 4.69) is 33.9 Å². The molecule has 0 amide bonds. The third kappa shape index (κ3) is 5.70. The molecule has 0 heterocycles. The zero-order valence-electron chi connectivity index (χ0n) is 17.1. The molecule has 0 aliphatic carbocycles. The van der Waals surface area contributed by atoms with Crippen LogP contribution in [-0.2, 0) is 20.0 Å². The van der Waals surface area contributed by atoms with E-state index >= 15 is 0 Å². The van der Waals surface area contributed by atoms with Crippen LogP contribution in [0.1, 0.15) is 38.0 Å². The van der Waals surface area contributed by atoms with Crippen LogP contribution in [0.2, 0.25) is 18.1 Å². The van der Waals surface area contributed by atoms with Gasteiger partial charge >= 0.3 is 0 Å². The smallest absolute Gasteiger partial charge is 0.193 e. The Morgan fingerprint density at radius 2 is 1.59 bits per heavy atom. The minimum Gasteiger partial charge on any atom is -0.403 e. The van der Waals surface area contributed by atoms with Gasteiger partial charge in [0.15, 0.2) is 14.1 Å². The minimum absolute atomic E-state index is 0.0174. The third-order valence-electron chi connectivity index (χ3n) is 5.17. The number of Topliss-reactive ketones (excluding diaryl/α,β-unsaturated/α-hetero) is 1. The van der Waals surface area contributed by atoms with E-state index < -0.39 is 25.2 Å². The quantitative estimate of drug-likeness (QED) is 0.580. The van der Waals surface area contributed by atoms with Crippen LogP contribution >= 0.6 is 0 Å². The standard InChI is InChI=1S/C22H30O3SSi/c1-17-12-14-19(15-13-17)26(24)16-20(23)21(18-10-8-7-9-11-18)25-27(5,6)22(2,3)4/h7-15,21H,16H2,1-6H3/t21-,26+/m0/s1. The molecule has 0 bridgehead atoms. The topological polar surface area (TPSA) is 43.4 Å². The van der Waals surface area contributed by atoms with E-state index in [0.717, 1.165) is 11.1 Å². The second-order valence-electron chi connectivity index (χ2n) is 8.44. The summed E-state index contributed by atoms with van der Waals surface area (Å²) in [6.45, 7) is 12.7. The van der Waals surface area contributed by atoms with Gasteiger partial charge in [-0.1, -0.05) is 68.8 Å². The van der Waals surface area contributed by atoms with Crippen LogP contribution in [0.25, 0.3) is 0 Å². The Balaban J connectivity index is 2.26. The number of hydrogen-bond acceptors (Lipinski definition) is 3. The van der Waals surface area contributed by atoms with Gasteiger partial charge in [0.1, 0.15) is 6.10 Å². The van der Waals surface area contributed by atoms with Crippen LogP contribution in [0.4, 0.5) is 0 Å². The number of carbonyl (C=O) groups is 1. The average Bonchev–Trinajstić information content (AvgIpc) is 2.60. The maximum Gasteiger partial charge on any atom is 0.193 e. The Labute approximate surface area is 166 Å². The van der Waals surface area contributed by atoms with E-state index in [1.807, 2.05) is 61.5 Å². The number of carbonyl (C=O) groups excluding carboxylic acids is 1. The first-order valence-electron chi connectivity index (χ1n) is 9.22. The van der Waals surface area contributed by atoms with Gasteiger partial charge in [-0.3, -0.25) is 9.00 Å². The molecule has 3 nitrogen and oxygen atoms in total. The predicted molar refractivity (Wildman–Crippen MR) is 115 cm³/mol. The summed E-state index contributed by atoms with van der Waals surface area (Å²) in [4.78, 5) is 13.8. The number of benzene rings is 2. The maximum atomic E-state index is 13.1. The molecule has 0 N–H and O–H groups in total. The van der Waals surface area contributed by atoms with Gasteiger partial charge in [-0.15, -0.1) is 0 Å². The predicted octanol–water partition coefficient (Wildman–Crippen LogP) is 5.43. The van der Waals surface area contributed by atoms with Crippen molar-refractivity contribution in [2.45, 2.75) is 56.8 Å². The second kappa shape index (κ2) is 8.63. The molecule has 0 aromatic heterocycles. The minimum atomic E-state index is -2.17. The van der Waals surface area contributed by atoms with Gasteiger partial charge < -0.3 is 4.43 Å². The summed E-state index contributed by atoms with van der Waals surface area (Å²) >= 11 is 0. The van der Waals surface area contributed by atoms with Gasteiger partial charge in [-0.25, -0.2) is 0 Å². The van der Waals surface area contributed by atoms with Crippen LogP contribution < -0.4 is 0 Å². The average molecular weight is 403 g/mol. The molecule has 0 radical (unpaired) electrons. The molecule has 2 atom stereocenters. The van der Waals surface area contributed by atoms with Crippen LogP contribution in [0.3, 0.4) is 0 Å².